The first-order valence-electron chi connectivity index (χ1n) is 7.65. The van der Waals surface area contributed by atoms with E-state index < -0.39 is 11.9 Å². The number of methoxy groups -OCH3 is 1. The molecule has 0 aromatic heterocycles. The second-order valence-corrected chi connectivity index (χ2v) is 5.75. The zero-order valence-corrected chi connectivity index (χ0v) is 13.3. The predicted molar refractivity (Wildman–Crippen MR) is 86.9 cm³/mol. The number of rotatable bonds is 1. The molecular formula is C19H19NO3. The Hall–Kier alpha value is -2.62. The monoisotopic (exact) mass is 309 g/mol. The van der Waals surface area contributed by atoms with Crippen molar-refractivity contribution >= 4 is 11.9 Å². The van der Waals surface area contributed by atoms with Crippen molar-refractivity contribution in [2.45, 2.75) is 19.4 Å². The minimum Gasteiger partial charge on any atom is -0.462 e. The minimum absolute atomic E-state index is 0.257. The molecule has 0 fully saturated rings. The highest BCUT2D eigenvalue weighted by atomic mass is 16.5. The molecule has 1 amide bonds. The number of esters is 1. The van der Waals surface area contributed by atoms with Crippen LogP contribution in [0.4, 0.5) is 0 Å². The van der Waals surface area contributed by atoms with Gasteiger partial charge in [0.05, 0.1) is 13.2 Å². The van der Waals surface area contributed by atoms with Crippen LogP contribution in [0.3, 0.4) is 0 Å². The van der Waals surface area contributed by atoms with Crippen LogP contribution in [-0.4, -0.2) is 30.4 Å². The predicted octanol–water partition coefficient (Wildman–Crippen LogP) is 2.64. The van der Waals surface area contributed by atoms with E-state index in [0.717, 1.165) is 23.1 Å². The maximum atomic E-state index is 12.4. The van der Waals surface area contributed by atoms with Gasteiger partial charge in [0.15, 0.2) is 0 Å². The first-order chi connectivity index (χ1) is 11.1. The van der Waals surface area contributed by atoms with Crippen molar-refractivity contribution in [2.75, 3.05) is 13.7 Å². The highest BCUT2D eigenvalue weighted by molar-refractivity contribution is 6.32. The summed E-state index contributed by atoms with van der Waals surface area (Å²) >= 11 is 0. The average molecular weight is 309 g/mol. The maximum absolute atomic E-state index is 12.4. The largest absolute Gasteiger partial charge is 0.462 e. The molecule has 0 saturated heterocycles. The van der Waals surface area contributed by atoms with E-state index >= 15 is 0 Å². The summed E-state index contributed by atoms with van der Waals surface area (Å²) < 4.78 is 4.63. The van der Waals surface area contributed by atoms with Crippen LogP contribution in [0.5, 0.6) is 0 Å². The van der Waals surface area contributed by atoms with Crippen molar-refractivity contribution in [3.63, 3.8) is 0 Å². The van der Waals surface area contributed by atoms with E-state index in [-0.39, 0.29) is 6.04 Å². The van der Waals surface area contributed by atoms with E-state index in [2.05, 4.69) is 10.8 Å². The molecule has 0 radical (unpaired) electrons. The van der Waals surface area contributed by atoms with Gasteiger partial charge < -0.3 is 9.64 Å². The second-order valence-electron chi connectivity index (χ2n) is 5.75. The molecule has 0 N–H and O–H groups in total. The van der Waals surface area contributed by atoms with Gasteiger partial charge >= 0.3 is 11.9 Å². The van der Waals surface area contributed by atoms with E-state index in [4.69, 9.17) is 0 Å². The Morgan fingerprint density at radius 1 is 1.09 bits per heavy atom. The smallest absolute Gasteiger partial charge is 0.396 e. The van der Waals surface area contributed by atoms with Gasteiger partial charge in [-0.25, -0.2) is 4.79 Å². The third-order valence-corrected chi connectivity index (χ3v) is 4.30. The molecule has 1 unspecified atom stereocenters. The van der Waals surface area contributed by atoms with Crippen molar-refractivity contribution in [1.29, 1.82) is 0 Å². The zero-order valence-electron chi connectivity index (χ0n) is 13.3. The fraction of sp³-hybridized carbons (Fsp3) is 0.263. The summed E-state index contributed by atoms with van der Waals surface area (Å²) in [5.41, 5.74) is 4.44. The van der Waals surface area contributed by atoms with Crippen LogP contribution in [0.25, 0.3) is 0 Å². The quantitative estimate of drug-likeness (QED) is 0.601. The van der Waals surface area contributed by atoms with Crippen molar-refractivity contribution in [2.24, 2.45) is 0 Å². The van der Waals surface area contributed by atoms with E-state index in [1.54, 1.807) is 4.90 Å². The Balaban J connectivity index is 2.08. The molecule has 0 spiro atoms. The van der Waals surface area contributed by atoms with E-state index in [0.29, 0.717) is 6.54 Å². The Kier molecular flexibility index (Phi) is 4.15. The second kappa shape index (κ2) is 6.24. The van der Waals surface area contributed by atoms with Crippen LogP contribution >= 0.6 is 0 Å². The number of nitrogens with zero attached hydrogens (tertiary/aromatic N) is 1. The lowest BCUT2D eigenvalue weighted by atomic mass is 9.88. The molecule has 2 aromatic rings. The summed E-state index contributed by atoms with van der Waals surface area (Å²) in [5.74, 6) is -1.41. The molecule has 3 rings (SSSR count). The van der Waals surface area contributed by atoms with Crippen LogP contribution < -0.4 is 0 Å². The average Bonchev–Trinajstić information content (AvgIpc) is 2.60. The first kappa shape index (κ1) is 15.3. The van der Waals surface area contributed by atoms with Crippen molar-refractivity contribution < 1.29 is 14.3 Å². The Morgan fingerprint density at radius 3 is 2.48 bits per heavy atom. The summed E-state index contributed by atoms with van der Waals surface area (Å²) in [6.45, 7) is 2.53. The van der Waals surface area contributed by atoms with Crippen LogP contribution in [0.1, 0.15) is 28.3 Å². The van der Waals surface area contributed by atoms with Crippen LogP contribution in [-0.2, 0) is 20.7 Å². The van der Waals surface area contributed by atoms with Gasteiger partial charge in [-0.05, 0) is 30.0 Å². The molecule has 0 bridgehead atoms. The molecule has 0 saturated carbocycles. The number of carbonyl (C=O) groups is 2. The topological polar surface area (TPSA) is 46.6 Å². The van der Waals surface area contributed by atoms with E-state index in [9.17, 15) is 9.59 Å². The van der Waals surface area contributed by atoms with Gasteiger partial charge in [0.1, 0.15) is 0 Å². The number of amides is 1. The van der Waals surface area contributed by atoms with Gasteiger partial charge in [-0.1, -0.05) is 54.1 Å². The summed E-state index contributed by atoms with van der Waals surface area (Å²) in [5, 5.41) is 0. The number of fused-ring (bicyclic) bond motifs is 1. The number of aryl methyl sites for hydroxylation is 1. The number of ether oxygens (including phenoxy) is 1. The Bertz CT molecular complexity index is 737. The summed E-state index contributed by atoms with van der Waals surface area (Å²) in [6.07, 6.45) is 0.737. The Morgan fingerprint density at radius 2 is 1.78 bits per heavy atom. The number of benzene rings is 2. The van der Waals surface area contributed by atoms with Gasteiger partial charge in [-0.15, -0.1) is 0 Å². The molecule has 23 heavy (non-hydrogen) atoms. The fourth-order valence-corrected chi connectivity index (χ4v) is 3.10. The number of hydrogen-bond acceptors (Lipinski definition) is 3. The van der Waals surface area contributed by atoms with Gasteiger partial charge in [-0.2, -0.15) is 0 Å². The van der Waals surface area contributed by atoms with Crippen LogP contribution in [0, 0.1) is 6.92 Å². The van der Waals surface area contributed by atoms with E-state index in [1.165, 1.54) is 12.7 Å². The van der Waals surface area contributed by atoms with Gasteiger partial charge in [0.25, 0.3) is 0 Å². The normalized spacial score (nSPS) is 16.6. The third-order valence-electron chi connectivity index (χ3n) is 4.30. The zero-order chi connectivity index (χ0) is 16.4. The van der Waals surface area contributed by atoms with E-state index in [1.807, 2.05) is 49.4 Å². The van der Waals surface area contributed by atoms with Crippen LogP contribution in [0.2, 0.25) is 0 Å². The highest BCUT2D eigenvalue weighted by Crippen LogP contribution is 2.35. The molecule has 1 aliphatic heterocycles. The lowest BCUT2D eigenvalue weighted by Gasteiger charge is -2.37. The summed E-state index contributed by atoms with van der Waals surface area (Å²) in [7, 11) is 1.24. The maximum Gasteiger partial charge on any atom is 0.396 e. The standard InChI is InChI=1S/C19H19NO3/c1-13-7-9-15(10-8-13)17-16-6-4-3-5-14(16)11-12-20(17)18(21)19(22)23-2/h3-10,17H,11-12H2,1-2H3. The van der Waals surface area contributed by atoms with Crippen LogP contribution in [0.15, 0.2) is 48.5 Å². The Labute approximate surface area is 135 Å². The van der Waals surface area contributed by atoms with Gasteiger partial charge in [0.2, 0.25) is 0 Å². The molecule has 118 valence electrons. The minimum atomic E-state index is -0.818. The molecule has 1 heterocycles. The fourth-order valence-electron chi connectivity index (χ4n) is 3.10. The SMILES string of the molecule is COC(=O)C(=O)N1CCc2ccccc2C1c1ccc(C)cc1. The summed E-state index contributed by atoms with van der Waals surface area (Å²) in [6, 6.07) is 15.9. The molecule has 1 atom stereocenters. The molecular weight excluding hydrogens is 290 g/mol. The first-order valence-corrected chi connectivity index (χ1v) is 7.65. The number of hydrogen-bond donors (Lipinski definition) is 0. The molecule has 1 aliphatic rings. The molecule has 4 heteroatoms. The lowest BCUT2D eigenvalue weighted by molar-refractivity contribution is -0.159. The van der Waals surface area contributed by atoms with Gasteiger partial charge in [-0.3, -0.25) is 4.79 Å². The lowest BCUT2D eigenvalue weighted by Crippen LogP contribution is -2.44. The van der Waals surface area contributed by atoms with Gasteiger partial charge in [0, 0.05) is 6.54 Å². The summed E-state index contributed by atoms with van der Waals surface area (Å²) in [4.78, 5) is 25.8. The molecule has 0 aliphatic carbocycles. The molecule has 2 aromatic carbocycles. The van der Waals surface area contributed by atoms with Crippen molar-refractivity contribution in [3.05, 3.63) is 70.8 Å². The van der Waals surface area contributed by atoms with Crippen molar-refractivity contribution in [1.82, 2.24) is 4.90 Å². The highest BCUT2D eigenvalue weighted by Gasteiger charge is 2.35. The van der Waals surface area contributed by atoms with Crippen molar-refractivity contribution in [3.8, 4) is 0 Å². The number of carbonyl (C=O) groups excluding carboxylic acids is 2. The third kappa shape index (κ3) is 2.84. The molecule has 4 nitrogen and oxygen atoms in total.